The Hall–Kier alpha value is -2.44. The average molecular weight is 364 g/mol. The van der Waals surface area contributed by atoms with E-state index < -0.39 is 24.2 Å². The molecule has 0 spiro atoms. The highest BCUT2D eigenvalue weighted by atomic mass is 19.1. The Balaban J connectivity index is 1.76. The molecule has 142 valence electrons. The average Bonchev–Trinajstić information content (AvgIpc) is 2.66. The number of rotatable bonds is 7. The highest BCUT2D eigenvalue weighted by Crippen LogP contribution is 2.22. The van der Waals surface area contributed by atoms with Gasteiger partial charge in [0, 0.05) is 12.6 Å². The summed E-state index contributed by atoms with van der Waals surface area (Å²) in [4.78, 5) is 37.6. The van der Waals surface area contributed by atoms with E-state index in [-0.39, 0.29) is 24.1 Å². The van der Waals surface area contributed by atoms with Crippen molar-refractivity contribution in [3.8, 4) is 0 Å². The Bertz CT molecular complexity index is 644. The lowest BCUT2D eigenvalue weighted by atomic mass is 9.94. The maximum absolute atomic E-state index is 13.5. The predicted molar refractivity (Wildman–Crippen MR) is 94.0 cm³/mol. The molecule has 0 saturated heterocycles. The molecule has 26 heavy (non-hydrogen) atoms. The third-order valence-corrected chi connectivity index (χ3v) is 4.54. The molecule has 1 N–H and O–H groups in total. The molecule has 7 heteroatoms. The first kappa shape index (κ1) is 19.9. The van der Waals surface area contributed by atoms with Crippen LogP contribution in [0.25, 0.3) is 0 Å². The minimum atomic E-state index is -0.734. The van der Waals surface area contributed by atoms with Crippen LogP contribution in [-0.4, -0.2) is 48.4 Å². The van der Waals surface area contributed by atoms with E-state index >= 15 is 0 Å². The van der Waals surface area contributed by atoms with Crippen molar-refractivity contribution in [2.75, 3.05) is 19.7 Å². The molecule has 1 fully saturated rings. The third-order valence-electron chi connectivity index (χ3n) is 4.54. The van der Waals surface area contributed by atoms with E-state index in [1.54, 1.807) is 4.90 Å². The van der Waals surface area contributed by atoms with Gasteiger partial charge in [0.25, 0.3) is 11.8 Å². The molecular weight excluding hydrogens is 339 g/mol. The number of ether oxygens (including phenoxy) is 1. The van der Waals surface area contributed by atoms with Crippen LogP contribution in [0.1, 0.15) is 49.4 Å². The topological polar surface area (TPSA) is 75.7 Å². The quantitative estimate of drug-likeness (QED) is 0.753. The number of esters is 1. The first-order valence-corrected chi connectivity index (χ1v) is 9.00. The Morgan fingerprint density at radius 3 is 2.54 bits per heavy atom. The second kappa shape index (κ2) is 9.89. The summed E-state index contributed by atoms with van der Waals surface area (Å²) in [5, 5.41) is 2.29. The van der Waals surface area contributed by atoms with E-state index in [9.17, 15) is 18.8 Å². The third kappa shape index (κ3) is 5.54. The summed E-state index contributed by atoms with van der Waals surface area (Å²) in [6, 6.07) is 5.69. The van der Waals surface area contributed by atoms with Gasteiger partial charge in [-0.05, 0) is 31.9 Å². The summed E-state index contributed by atoms with van der Waals surface area (Å²) in [7, 11) is 0. The van der Waals surface area contributed by atoms with Crippen LogP contribution < -0.4 is 5.32 Å². The number of amides is 2. The highest BCUT2D eigenvalue weighted by Gasteiger charge is 2.24. The van der Waals surface area contributed by atoms with Gasteiger partial charge >= 0.3 is 5.97 Å². The molecule has 2 rings (SSSR count). The van der Waals surface area contributed by atoms with E-state index in [0.29, 0.717) is 6.54 Å². The van der Waals surface area contributed by atoms with E-state index in [0.717, 1.165) is 31.7 Å². The van der Waals surface area contributed by atoms with Gasteiger partial charge in [-0.15, -0.1) is 0 Å². The second-order valence-corrected chi connectivity index (χ2v) is 6.29. The predicted octanol–water partition coefficient (Wildman–Crippen LogP) is 2.28. The van der Waals surface area contributed by atoms with Crippen molar-refractivity contribution >= 4 is 17.8 Å². The van der Waals surface area contributed by atoms with Gasteiger partial charge < -0.3 is 15.0 Å². The molecule has 0 bridgehead atoms. The Labute approximate surface area is 152 Å². The Morgan fingerprint density at radius 2 is 1.88 bits per heavy atom. The van der Waals surface area contributed by atoms with Crippen molar-refractivity contribution in [2.45, 2.75) is 45.1 Å². The van der Waals surface area contributed by atoms with Crippen molar-refractivity contribution in [2.24, 2.45) is 0 Å². The molecule has 1 aromatic carbocycles. The molecule has 1 saturated carbocycles. The summed E-state index contributed by atoms with van der Waals surface area (Å²) in [5.41, 5.74) is -0.147. The fourth-order valence-electron chi connectivity index (χ4n) is 3.20. The van der Waals surface area contributed by atoms with Gasteiger partial charge in [0.2, 0.25) is 0 Å². The van der Waals surface area contributed by atoms with Gasteiger partial charge in [-0.25, -0.2) is 4.39 Å². The first-order chi connectivity index (χ1) is 12.5. The number of likely N-dealkylation sites (N-methyl/N-ethyl adjacent to an activating group) is 1. The van der Waals surface area contributed by atoms with Gasteiger partial charge in [0.1, 0.15) is 12.4 Å². The van der Waals surface area contributed by atoms with Crippen LogP contribution >= 0.6 is 0 Å². The summed E-state index contributed by atoms with van der Waals surface area (Å²) in [5.74, 6) is -2.33. The van der Waals surface area contributed by atoms with Crippen LogP contribution in [0.3, 0.4) is 0 Å². The van der Waals surface area contributed by atoms with Crippen LogP contribution in [-0.2, 0) is 14.3 Å². The van der Waals surface area contributed by atoms with Gasteiger partial charge in [-0.1, -0.05) is 31.4 Å². The molecule has 0 atom stereocenters. The van der Waals surface area contributed by atoms with E-state index in [4.69, 9.17) is 4.74 Å². The van der Waals surface area contributed by atoms with Gasteiger partial charge in [0.05, 0.1) is 5.56 Å². The zero-order valence-corrected chi connectivity index (χ0v) is 15.0. The zero-order chi connectivity index (χ0) is 18.9. The fraction of sp³-hybridized carbons (Fsp3) is 0.526. The maximum atomic E-state index is 13.5. The van der Waals surface area contributed by atoms with Crippen LogP contribution in [0.5, 0.6) is 0 Å². The molecule has 1 aliphatic carbocycles. The lowest BCUT2D eigenvalue weighted by Crippen LogP contribution is -2.43. The first-order valence-electron chi connectivity index (χ1n) is 9.00. The van der Waals surface area contributed by atoms with E-state index in [1.165, 1.54) is 24.6 Å². The van der Waals surface area contributed by atoms with Crippen LogP contribution in [0.4, 0.5) is 4.39 Å². The molecule has 0 unspecified atom stereocenters. The van der Waals surface area contributed by atoms with Gasteiger partial charge in [-0.2, -0.15) is 0 Å². The highest BCUT2D eigenvalue weighted by molar-refractivity contribution is 5.96. The number of nitrogens with one attached hydrogen (secondary N) is 1. The number of hydrogen-bond donors (Lipinski definition) is 1. The molecule has 2 amide bonds. The van der Waals surface area contributed by atoms with Crippen molar-refractivity contribution < 1.29 is 23.5 Å². The number of nitrogens with zero attached hydrogens (tertiary/aromatic N) is 1. The number of carbonyl (C=O) groups excluding carboxylic acids is 3. The standard InChI is InChI=1S/C19H25FN2O4/c1-2-22(14-8-4-3-5-9-14)17(23)13-26-18(24)12-21-19(25)15-10-6-7-11-16(15)20/h6-7,10-11,14H,2-5,8-9,12-13H2,1H3,(H,21,25). The summed E-state index contributed by atoms with van der Waals surface area (Å²) in [6.07, 6.45) is 5.37. The van der Waals surface area contributed by atoms with Crippen molar-refractivity contribution in [3.05, 3.63) is 35.6 Å². The zero-order valence-electron chi connectivity index (χ0n) is 15.0. The maximum Gasteiger partial charge on any atom is 0.325 e. The number of halogens is 1. The number of benzene rings is 1. The molecule has 0 radical (unpaired) electrons. The summed E-state index contributed by atoms with van der Waals surface area (Å²) >= 11 is 0. The lowest BCUT2D eigenvalue weighted by molar-refractivity contribution is -0.152. The largest absolute Gasteiger partial charge is 0.454 e. The van der Waals surface area contributed by atoms with Gasteiger partial charge in [0.15, 0.2) is 6.61 Å². The summed E-state index contributed by atoms with van der Waals surface area (Å²) < 4.78 is 18.5. The normalized spacial score (nSPS) is 14.5. The monoisotopic (exact) mass is 364 g/mol. The minimum absolute atomic E-state index is 0.147. The van der Waals surface area contributed by atoms with Crippen molar-refractivity contribution in [3.63, 3.8) is 0 Å². The molecule has 0 aromatic heterocycles. The van der Waals surface area contributed by atoms with Crippen LogP contribution in [0.15, 0.2) is 24.3 Å². The lowest BCUT2D eigenvalue weighted by Gasteiger charge is -2.33. The second-order valence-electron chi connectivity index (χ2n) is 6.29. The minimum Gasteiger partial charge on any atom is -0.454 e. The summed E-state index contributed by atoms with van der Waals surface area (Å²) in [6.45, 7) is 1.71. The molecule has 0 heterocycles. The SMILES string of the molecule is CCN(C(=O)COC(=O)CNC(=O)c1ccccc1F)C1CCCCC1. The van der Waals surface area contributed by atoms with E-state index in [1.807, 2.05) is 6.92 Å². The number of carbonyl (C=O) groups is 3. The van der Waals surface area contributed by atoms with E-state index in [2.05, 4.69) is 5.32 Å². The fourth-order valence-corrected chi connectivity index (χ4v) is 3.20. The molecule has 6 nitrogen and oxygen atoms in total. The van der Waals surface area contributed by atoms with Gasteiger partial charge in [-0.3, -0.25) is 14.4 Å². The Morgan fingerprint density at radius 1 is 1.19 bits per heavy atom. The smallest absolute Gasteiger partial charge is 0.325 e. The van der Waals surface area contributed by atoms with Crippen LogP contribution in [0, 0.1) is 5.82 Å². The molecule has 0 aliphatic heterocycles. The number of hydrogen-bond acceptors (Lipinski definition) is 4. The molecule has 1 aliphatic rings. The van der Waals surface area contributed by atoms with Crippen molar-refractivity contribution in [1.29, 1.82) is 0 Å². The van der Waals surface area contributed by atoms with Crippen LogP contribution in [0.2, 0.25) is 0 Å². The Kier molecular flexibility index (Phi) is 7.56. The molecule has 1 aromatic rings. The molecular formula is C19H25FN2O4. The van der Waals surface area contributed by atoms with Crippen molar-refractivity contribution in [1.82, 2.24) is 10.2 Å².